The average Bonchev–Trinajstić information content (AvgIpc) is 2.83. The van der Waals surface area contributed by atoms with Crippen molar-refractivity contribution in [2.24, 2.45) is 0 Å². The Morgan fingerprint density at radius 1 is 1.00 bits per heavy atom. The first-order valence-electron chi connectivity index (χ1n) is 9.33. The second-order valence-corrected chi connectivity index (χ2v) is 9.20. The highest BCUT2D eigenvalue weighted by molar-refractivity contribution is 6.03. The highest BCUT2D eigenvalue weighted by Gasteiger charge is 2.30. The molecule has 1 saturated heterocycles. The molecule has 3 amide bonds. The van der Waals surface area contributed by atoms with E-state index in [1.54, 1.807) is 0 Å². The van der Waals surface area contributed by atoms with Crippen LogP contribution in [0.5, 0.6) is 5.75 Å². The monoisotopic (exact) mass is 374 g/mol. The van der Waals surface area contributed by atoms with Gasteiger partial charge in [-0.25, -0.2) is 0 Å². The van der Waals surface area contributed by atoms with E-state index in [0.29, 0.717) is 12.2 Å². The number of hydrogen-bond donors (Lipinski definition) is 2. The van der Waals surface area contributed by atoms with Crippen LogP contribution in [0.4, 0.5) is 0 Å². The summed E-state index contributed by atoms with van der Waals surface area (Å²) in [5, 5.41) is 11.6. The number of aryl methyl sites for hydroxylation is 1. The molecule has 6 heteroatoms. The molecule has 0 saturated carbocycles. The van der Waals surface area contributed by atoms with Gasteiger partial charge in [0, 0.05) is 19.3 Å². The van der Waals surface area contributed by atoms with Gasteiger partial charge in [-0.1, -0.05) is 53.7 Å². The van der Waals surface area contributed by atoms with Gasteiger partial charge in [-0.3, -0.25) is 19.8 Å². The van der Waals surface area contributed by atoms with Gasteiger partial charge in [-0.2, -0.15) is 5.01 Å². The Morgan fingerprint density at radius 2 is 1.44 bits per heavy atom. The quantitative estimate of drug-likeness (QED) is 0.793. The van der Waals surface area contributed by atoms with E-state index in [9.17, 15) is 19.5 Å². The van der Waals surface area contributed by atoms with Crippen LogP contribution in [0.1, 0.15) is 77.5 Å². The highest BCUT2D eigenvalue weighted by atomic mass is 16.3. The van der Waals surface area contributed by atoms with E-state index in [-0.39, 0.29) is 47.8 Å². The van der Waals surface area contributed by atoms with Crippen molar-refractivity contribution < 1.29 is 19.5 Å². The van der Waals surface area contributed by atoms with E-state index >= 15 is 0 Å². The maximum absolute atomic E-state index is 12.2. The fourth-order valence-corrected chi connectivity index (χ4v) is 3.12. The van der Waals surface area contributed by atoms with Crippen molar-refractivity contribution in [3.05, 3.63) is 28.8 Å². The van der Waals surface area contributed by atoms with E-state index in [0.717, 1.165) is 21.7 Å². The normalized spacial score (nSPS) is 15.4. The van der Waals surface area contributed by atoms with Crippen molar-refractivity contribution >= 4 is 17.7 Å². The summed E-state index contributed by atoms with van der Waals surface area (Å²) in [6.45, 7) is 12.2. The Hall–Kier alpha value is -2.37. The maximum atomic E-state index is 12.2. The van der Waals surface area contributed by atoms with Crippen LogP contribution in [-0.4, -0.2) is 27.8 Å². The summed E-state index contributed by atoms with van der Waals surface area (Å²) >= 11 is 0. The maximum Gasteiger partial charge on any atom is 0.248 e. The lowest BCUT2D eigenvalue weighted by Gasteiger charge is -2.28. The molecule has 0 radical (unpaired) electrons. The van der Waals surface area contributed by atoms with Crippen LogP contribution in [0, 0.1) is 0 Å². The van der Waals surface area contributed by atoms with Crippen LogP contribution in [0.2, 0.25) is 0 Å². The molecule has 0 atom stereocenters. The molecule has 1 aliphatic rings. The number of hydrazine groups is 1. The molecule has 1 fully saturated rings. The molecule has 0 aromatic heterocycles. The molecule has 6 nitrogen and oxygen atoms in total. The number of rotatable bonds is 4. The number of phenols is 1. The number of benzene rings is 1. The van der Waals surface area contributed by atoms with Crippen molar-refractivity contribution in [3.8, 4) is 5.75 Å². The first kappa shape index (κ1) is 20.9. The zero-order chi connectivity index (χ0) is 20.6. The molecule has 0 bridgehead atoms. The van der Waals surface area contributed by atoms with Crippen molar-refractivity contribution in [2.45, 2.75) is 78.1 Å². The number of phenolic OH excluding ortho intramolecular Hbond substituents is 1. The average molecular weight is 374 g/mol. The molecule has 2 N–H and O–H groups in total. The summed E-state index contributed by atoms with van der Waals surface area (Å²) in [5.74, 6) is -0.816. The number of nitrogens with one attached hydrogen (secondary N) is 1. The van der Waals surface area contributed by atoms with Gasteiger partial charge in [0.15, 0.2) is 0 Å². The van der Waals surface area contributed by atoms with Gasteiger partial charge >= 0.3 is 0 Å². The number of carbonyl (C=O) groups excluding carboxylic acids is 3. The summed E-state index contributed by atoms with van der Waals surface area (Å²) < 4.78 is 0. The standard InChI is InChI=1S/C21H30N2O4/c1-20(2,3)14-11-13(12-15(19(14)27)21(4,5)6)7-8-16(24)22-23-17(25)9-10-18(23)26/h11-12,27H,7-10H2,1-6H3,(H,22,24). The zero-order valence-corrected chi connectivity index (χ0v) is 17.1. The topological polar surface area (TPSA) is 86.7 Å². The van der Waals surface area contributed by atoms with E-state index in [1.807, 2.05) is 53.7 Å². The van der Waals surface area contributed by atoms with Crippen LogP contribution >= 0.6 is 0 Å². The van der Waals surface area contributed by atoms with E-state index in [2.05, 4.69) is 5.43 Å². The molecule has 1 aromatic carbocycles. The Kier molecular flexibility index (Phi) is 5.68. The van der Waals surface area contributed by atoms with Gasteiger partial charge in [0.25, 0.3) is 0 Å². The van der Waals surface area contributed by atoms with Gasteiger partial charge in [-0.05, 0) is 33.9 Å². The first-order chi connectivity index (χ1) is 12.3. The van der Waals surface area contributed by atoms with E-state index in [1.165, 1.54) is 0 Å². The summed E-state index contributed by atoms with van der Waals surface area (Å²) in [6, 6.07) is 3.87. The fourth-order valence-electron chi connectivity index (χ4n) is 3.12. The predicted octanol–water partition coefficient (Wildman–Crippen LogP) is 3.10. The van der Waals surface area contributed by atoms with Gasteiger partial charge in [0.1, 0.15) is 5.75 Å². The number of nitrogens with zero attached hydrogens (tertiary/aromatic N) is 1. The summed E-state index contributed by atoms with van der Waals surface area (Å²) in [5.41, 5.74) is 4.54. The van der Waals surface area contributed by atoms with Crippen LogP contribution in [0.15, 0.2) is 12.1 Å². The zero-order valence-electron chi connectivity index (χ0n) is 17.1. The van der Waals surface area contributed by atoms with Gasteiger partial charge in [0.2, 0.25) is 17.7 Å². The number of aromatic hydroxyl groups is 1. The Labute approximate surface area is 160 Å². The largest absolute Gasteiger partial charge is 0.507 e. The second kappa shape index (κ2) is 7.33. The molecule has 1 aliphatic heterocycles. The molecule has 1 aromatic rings. The molecule has 0 spiro atoms. The minimum absolute atomic E-state index is 0.140. The minimum Gasteiger partial charge on any atom is -0.507 e. The summed E-state index contributed by atoms with van der Waals surface area (Å²) in [4.78, 5) is 35.4. The molecule has 0 aliphatic carbocycles. The third kappa shape index (κ3) is 4.87. The van der Waals surface area contributed by atoms with Crippen molar-refractivity contribution in [2.75, 3.05) is 0 Å². The number of carbonyl (C=O) groups is 3. The van der Waals surface area contributed by atoms with E-state index < -0.39 is 0 Å². The van der Waals surface area contributed by atoms with Gasteiger partial charge < -0.3 is 5.11 Å². The second-order valence-electron chi connectivity index (χ2n) is 9.20. The van der Waals surface area contributed by atoms with E-state index in [4.69, 9.17) is 0 Å². The lowest BCUT2D eigenvalue weighted by Crippen LogP contribution is -2.45. The van der Waals surface area contributed by atoms with Crippen LogP contribution in [-0.2, 0) is 31.6 Å². The SMILES string of the molecule is CC(C)(C)c1cc(CCC(=O)NN2C(=O)CCC2=O)cc(C(C)(C)C)c1O. The number of imide groups is 1. The molecule has 0 unspecified atom stereocenters. The predicted molar refractivity (Wildman–Crippen MR) is 103 cm³/mol. The molecular formula is C21H30N2O4. The van der Waals surface area contributed by atoms with Crippen LogP contribution in [0.3, 0.4) is 0 Å². The number of amides is 3. The number of hydrogen-bond acceptors (Lipinski definition) is 4. The van der Waals surface area contributed by atoms with Crippen molar-refractivity contribution in [1.29, 1.82) is 0 Å². The van der Waals surface area contributed by atoms with Crippen molar-refractivity contribution in [3.63, 3.8) is 0 Å². The smallest absolute Gasteiger partial charge is 0.248 e. The molecule has 148 valence electrons. The molecule has 27 heavy (non-hydrogen) atoms. The van der Waals surface area contributed by atoms with Crippen LogP contribution in [0.25, 0.3) is 0 Å². The lowest BCUT2D eigenvalue weighted by molar-refractivity contribution is -0.147. The third-order valence-electron chi connectivity index (χ3n) is 4.71. The Morgan fingerprint density at radius 3 is 1.85 bits per heavy atom. The third-order valence-corrected chi connectivity index (χ3v) is 4.71. The van der Waals surface area contributed by atoms with Crippen molar-refractivity contribution in [1.82, 2.24) is 10.4 Å². The minimum atomic E-state index is -0.374. The molecule has 1 heterocycles. The first-order valence-corrected chi connectivity index (χ1v) is 9.33. The lowest BCUT2D eigenvalue weighted by atomic mass is 9.78. The van der Waals surface area contributed by atoms with Gasteiger partial charge in [-0.15, -0.1) is 0 Å². The molecular weight excluding hydrogens is 344 g/mol. The summed E-state index contributed by atoms with van der Waals surface area (Å²) in [6.07, 6.45) is 0.880. The fraction of sp³-hybridized carbons (Fsp3) is 0.571. The summed E-state index contributed by atoms with van der Waals surface area (Å²) in [7, 11) is 0. The molecule has 2 rings (SSSR count). The Bertz CT molecular complexity index is 718. The van der Waals surface area contributed by atoms with Gasteiger partial charge in [0.05, 0.1) is 0 Å². The van der Waals surface area contributed by atoms with Crippen LogP contribution < -0.4 is 5.43 Å². The highest BCUT2D eigenvalue weighted by Crippen LogP contribution is 2.39. The Balaban J connectivity index is 2.19.